The lowest BCUT2D eigenvalue weighted by Crippen LogP contribution is -2.57. The molecule has 60 heavy (non-hydrogen) atoms. The Morgan fingerprint density at radius 2 is 0.767 bits per heavy atom. The third-order valence-electron chi connectivity index (χ3n) is 12.7. The molecule has 0 fully saturated rings. The molecule has 0 aromatic heterocycles. The summed E-state index contributed by atoms with van der Waals surface area (Å²) >= 11 is 0. The summed E-state index contributed by atoms with van der Waals surface area (Å²) in [5.74, 6) is 0. The first-order valence-electron chi connectivity index (χ1n) is 20.3. The van der Waals surface area contributed by atoms with Crippen molar-refractivity contribution in [1.82, 2.24) is 0 Å². The van der Waals surface area contributed by atoms with Crippen LogP contribution in [-0.2, 0) is 6.18 Å². The number of nitrogens with zero attached hydrogens (tertiary/aromatic N) is 2. The molecular formula is C53H33B2F3N2. The molecule has 12 rings (SSSR count). The van der Waals surface area contributed by atoms with E-state index in [1.165, 1.54) is 33.9 Å². The van der Waals surface area contributed by atoms with Gasteiger partial charge in [0.2, 0.25) is 13.4 Å². The van der Waals surface area contributed by atoms with Crippen LogP contribution in [0, 0.1) is 0 Å². The van der Waals surface area contributed by atoms with Gasteiger partial charge in [-0.3, -0.25) is 0 Å². The third kappa shape index (κ3) is 5.11. The Labute approximate surface area is 346 Å². The minimum Gasteiger partial charge on any atom is -0.311 e. The zero-order chi connectivity index (χ0) is 40.1. The second-order valence-electron chi connectivity index (χ2n) is 15.9. The summed E-state index contributed by atoms with van der Waals surface area (Å²) in [5.41, 5.74) is 12.4. The topological polar surface area (TPSA) is 6.48 Å². The van der Waals surface area contributed by atoms with E-state index in [1.54, 1.807) is 12.1 Å². The average Bonchev–Trinajstić information content (AvgIpc) is 3.29. The molecule has 0 N–H and O–H groups in total. The van der Waals surface area contributed by atoms with Crippen molar-refractivity contribution in [3.8, 4) is 0 Å². The number of halogens is 3. The molecule has 0 spiro atoms. The molecule has 0 atom stereocenters. The first-order valence-corrected chi connectivity index (χ1v) is 20.3. The molecule has 10 aromatic carbocycles. The Morgan fingerprint density at radius 1 is 0.367 bits per heavy atom. The number of hydrogen-bond acceptors (Lipinski definition) is 2. The van der Waals surface area contributed by atoms with Crippen molar-refractivity contribution in [2.45, 2.75) is 6.18 Å². The van der Waals surface area contributed by atoms with E-state index < -0.39 is 11.7 Å². The molecular weight excluding hydrogens is 743 g/mol. The van der Waals surface area contributed by atoms with Crippen LogP contribution in [0.3, 0.4) is 0 Å². The van der Waals surface area contributed by atoms with Gasteiger partial charge in [0.05, 0.1) is 5.56 Å². The highest BCUT2D eigenvalue weighted by atomic mass is 19.4. The number of para-hydroxylation sites is 3. The van der Waals surface area contributed by atoms with Gasteiger partial charge in [-0.1, -0.05) is 163 Å². The normalized spacial score (nSPS) is 13.4. The highest BCUT2D eigenvalue weighted by Crippen LogP contribution is 2.48. The minimum atomic E-state index is -4.44. The Morgan fingerprint density at radius 3 is 1.22 bits per heavy atom. The van der Waals surface area contributed by atoms with E-state index in [4.69, 9.17) is 0 Å². The van der Waals surface area contributed by atoms with Crippen LogP contribution in [0.5, 0.6) is 0 Å². The third-order valence-corrected chi connectivity index (χ3v) is 12.7. The maximum absolute atomic E-state index is 14.0. The monoisotopic (exact) mass is 776 g/mol. The standard InChI is InChI=1S/C53H33B2F3N2/c56-53(57,58)36-26-28-40(29-27-36)60-48-23-13-11-21-44(48)55(38-16-6-2-7-17-38)46-33-35-24-30-41-49-34(25-31-42(50(35)49)52(46)60)32-45-51(41)59(39-18-8-3-9-19-39)47-22-12-10-20-43(47)54(45)37-14-4-1-5-15-37/h1-33H. The van der Waals surface area contributed by atoms with Crippen LogP contribution in [0.25, 0.3) is 32.3 Å². The zero-order valence-electron chi connectivity index (χ0n) is 32.2. The number of benzene rings is 10. The fraction of sp³-hybridized carbons (Fsp3) is 0.0189. The van der Waals surface area contributed by atoms with E-state index in [2.05, 4.69) is 174 Å². The fourth-order valence-corrected chi connectivity index (χ4v) is 10.3. The summed E-state index contributed by atoms with van der Waals surface area (Å²) in [6, 6.07) is 68.5. The van der Waals surface area contributed by atoms with E-state index >= 15 is 0 Å². The van der Waals surface area contributed by atoms with E-state index in [1.807, 2.05) is 12.1 Å². The zero-order valence-corrected chi connectivity index (χ0v) is 32.2. The van der Waals surface area contributed by atoms with Gasteiger partial charge in [-0.25, -0.2) is 0 Å². The van der Waals surface area contributed by atoms with Crippen LogP contribution in [-0.4, -0.2) is 13.4 Å². The van der Waals surface area contributed by atoms with E-state index in [0.29, 0.717) is 5.69 Å². The molecule has 2 heterocycles. The van der Waals surface area contributed by atoms with Crippen molar-refractivity contribution >= 4 is 113 Å². The van der Waals surface area contributed by atoms with E-state index in [-0.39, 0.29) is 13.4 Å². The summed E-state index contributed by atoms with van der Waals surface area (Å²) in [6.07, 6.45) is -4.44. The molecule has 2 nitrogen and oxygen atoms in total. The predicted octanol–water partition coefficient (Wildman–Crippen LogP) is 10.2. The molecule has 0 saturated carbocycles. The van der Waals surface area contributed by atoms with Crippen LogP contribution in [0.1, 0.15) is 5.56 Å². The van der Waals surface area contributed by atoms with Gasteiger partial charge in [0.1, 0.15) is 0 Å². The van der Waals surface area contributed by atoms with Gasteiger partial charge >= 0.3 is 6.18 Å². The first kappa shape index (κ1) is 34.8. The minimum absolute atomic E-state index is 0.00494. The summed E-state index contributed by atoms with van der Waals surface area (Å²) in [5, 5.41) is 6.78. The highest BCUT2D eigenvalue weighted by Gasteiger charge is 2.40. The first-order chi connectivity index (χ1) is 29.4. The smallest absolute Gasteiger partial charge is 0.311 e. The van der Waals surface area contributed by atoms with Crippen LogP contribution in [0.4, 0.5) is 47.3 Å². The summed E-state index contributed by atoms with van der Waals surface area (Å²) in [7, 11) is 0. The maximum Gasteiger partial charge on any atom is 0.416 e. The van der Waals surface area contributed by atoms with Gasteiger partial charge in [-0.15, -0.1) is 0 Å². The number of hydrogen-bond donors (Lipinski definition) is 0. The molecule has 10 aromatic rings. The molecule has 2 aliphatic heterocycles. The highest BCUT2D eigenvalue weighted by molar-refractivity contribution is 6.99. The molecule has 0 aliphatic carbocycles. The van der Waals surface area contributed by atoms with Crippen molar-refractivity contribution in [3.63, 3.8) is 0 Å². The Kier molecular flexibility index (Phi) is 7.61. The van der Waals surface area contributed by atoms with Crippen molar-refractivity contribution in [2.75, 3.05) is 9.80 Å². The summed E-state index contributed by atoms with van der Waals surface area (Å²) < 4.78 is 41.9. The number of rotatable bonds is 4. The largest absolute Gasteiger partial charge is 0.416 e. The van der Waals surface area contributed by atoms with Crippen molar-refractivity contribution in [3.05, 3.63) is 206 Å². The van der Waals surface area contributed by atoms with Crippen LogP contribution in [0.15, 0.2) is 200 Å². The van der Waals surface area contributed by atoms with Gasteiger partial charge < -0.3 is 9.80 Å². The summed E-state index contributed by atoms with van der Waals surface area (Å²) in [6.45, 7) is -0.0974. The van der Waals surface area contributed by atoms with Gasteiger partial charge in [0, 0.05) is 44.9 Å². The summed E-state index contributed by atoms with van der Waals surface area (Å²) in [4.78, 5) is 4.62. The number of alkyl halides is 3. The molecule has 0 saturated heterocycles. The van der Waals surface area contributed by atoms with Gasteiger partial charge in [0.25, 0.3) is 0 Å². The molecule has 7 heteroatoms. The molecule has 2 aliphatic rings. The molecule has 0 amide bonds. The van der Waals surface area contributed by atoms with Crippen LogP contribution < -0.4 is 42.6 Å². The van der Waals surface area contributed by atoms with Crippen molar-refractivity contribution in [1.29, 1.82) is 0 Å². The predicted molar refractivity (Wildman–Crippen MR) is 247 cm³/mol. The quantitative estimate of drug-likeness (QED) is 0.130. The van der Waals surface area contributed by atoms with Gasteiger partial charge in [-0.2, -0.15) is 13.2 Å². The Hall–Kier alpha value is -7.24. The van der Waals surface area contributed by atoms with Crippen LogP contribution in [0.2, 0.25) is 0 Å². The second-order valence-corrected chi connectivity index (χ2v) is 15.9. The van der Waals surface area contributed by atoms with Gasteiger partial charge in [-0.05, 0) is 91.9 Å². The Bertz CT molecular complexity index is 3260. The van der Waals surface area contributed by atoms with Crippen LogP contribution >= 0.6 is 0 Å². The van der Waals surface area contributed by atoms with Crippen molar-refractivity contribution in [2.24, 2.45) is 0 Å². The molecule has 0 unspecified atom stereocenters. The lowest BCUT2D eigenvalue weighted by molar-refractivity contribution is -0.137. The van der Waals surface area contributed by atoms with E-state index in [0.717, 1.165) is 71.8 Å². The lowest BCUT2D eigenvalue weighted by Gasteiger charge is -2.39. The second kappa shape index (κ2) is 13.1. The lowest BCUT2D eigenvalue weighted by atomic mass is 9.34. The average molecular weight is 776 g/mol. The van der Waals surface area contributed by atoms with Gasteiger partial charge in [0.15, 0.2) is 0 Å². The number of anilines is 6. The molecule has 0 bridgehead atoms. The maximum atomic E-state index is 14.0. The fourth-order valence-electron chi connectivity index (χ4n) is 10.3. The van der Waals surface area contributed by atoms with Crippen molar-refractivity contribution < 1.29 is 13.2 Å². The number of fused-ring (bicyclic) bond motifs is 6. The van der Waals surface area contributed by atoms with E-state index in [9.17, 15) is 13.2 Å². The molecule has 0 radical (unpaired) electrons. The SMILES string of the molecule is FC(F)(F)c1ccc(N2c3ccccc3B(c3ccccc3)c3cc4ccc5c6c(cc7ccc(c32)c4c75)B(c2ccccc2)c2ccccc2N6c2ccccc2)cc1. The Balaban J connectivity index is 1.19. The molecule has 282 valence electrons.